The maximum atomic E-state index is 12.2. The standard InChI is InChI=1S/C17H24N2O/c1-2-18-16(13-5-3-6-13)14-9-8-12-7-4-10-19-17(20)15(12)11-14/h8-9,11,13,16,18H,2-7,10H2,1H3,(H,19,20). The molecule has 1 unspecified atom stereocenters. The molecule has 20 heavy (non-hydrogen) atoms. The van der Waals surface area contributed by atoms with Gasteiger partial charge in [0, 0.05) is 18.2 Å². The van der Waals surface area contributed by atoms with Crippen LogP contribution in [0.25, 0.3) is 0 Å². The van der Waals surface area contributed by atoms with Crippen molar-refractivity contribution in [2.45, 2.75) is 45.1 Å². The molecule has 0 bridgehead atoms. The van der Waals surface area contributed by atoms with E-state index < -0.39 is 0 Å². The Morgan fingerprint density at radius 2 is 2.20 bits per heavy atom. The summed E-state index contributed by atoms with van der Waals surface area (Å²) in [6.07, 6.45) is 6.00. The average molecular weight is 272 g/mol. The number of hydrogen-bond donors (Lipinski definition) is 2. The Labute approximate surface area is 121 Å². The monoisotopic (exact) mass is 272 g/mol. The zero-order valence-corrected chi connectivity index (χ0v) is 12.2. The van der Waals surface area contributed by atoms with Gasteiger partial charge in [0.1, 0.15) is 0 Å². The van der Waals surface area contributed by atoms with Crippen molar-refractivity contribution in [1.29, 1.82) is 0 Å². The van der Waals surface area contributed by atoms with Gasteiger partial charge in [-0.15, -0.1) is 0 Å². The molecule has 1 aliphatic carbocycles. The van der Waals surface area contributed by atoms with Crippen molar-refractivity contribution in [3.8, 4) is 0 Å². The summed E-state index contributed by atoms with van der Waals surface area (Å²) in [5, 5.41) is 6.60. The van der Waals surface area contributed by atoms with E-state index in [1.54, 1.807) is 0 Å². The van der Waals surface area contributed by atoms with Crippen molar-refractivity contribution in [1.82, 2.24) is 10.6 Å². The minimum absolute atomic E-state index is 0.100. The fourth-order valence-electron chi connectivity index (χ4n) is 3.34. The first-order valence-corrected chi connectivity index (χ1v) is 7.94. The van der Waals surface area contributed by atoms with Gasteiger partial charge < -0.3 is 10.6 Å². The molecule has 2 aliphatic rings. The Balaban J connectivity index is 1.91. The number of nitrogens with one attached hydrogen (secondary N) is 2. The second-order valence-corrected chi connectivity index (χ2v) is 6.00. The number of fused-ring (bicyclic) bond motifs is 1. The van der Waals surface area contributed by atoms with Crippen molar-refractivity contribution < 1.29 is 4.79 Å². The lowest BCUT2D eigenvalue weighted by atomic mass is 9.76. The number of hydrogen-bond acceptors (Lipinski definition) is 2. The second-order valence-electron chi connectivity index (χ2n) is 6.00. The Hall–Kier alpha value is -1.35. The molecule has 2 N–H and O–H groups in total. The van der Waals surface area contributed by atoms with Gasteiger partial charge in [0.15, 0.2) is 0 Å². The van der Waals surface area contributed by atoms with Gasteiger partial charge in [-0.1, -0.05) is 25.5 Å². The van der Waals surface area contributed by atoms with Gasteiger partial charge in [-0.25, -0.2) is 0 Å². The van der Waals surface area contributed by atoms with Crippen LogP contribution in [0.1, 0.15) is 60.1 Å². The first kappa shape index (κ1) is 13.6. The molecule has 0 radical (unpaired) electrons. The highest BCUT2D eigenvalue weighted by atomic mass is 16.1. The lowest BCUT2D eigenvalue weighted by Crippen LogP contribution is -2.32. The zero-order valence-electron chi connectivity index (χ0n) is 12.2. The number of rotatable bonds is 4. The summed E-state index contributed by atoms with van der Waals surface area (Å²) < 4.78 is 0. The van der Waals surface area contributed by atoms with Crippen LogP contribution in [0, 0.1) is 5.92 Å². The van der Waals surface area contributed by atoms with Crippen molar-refractivity contribution in [2.75, 3.05) is 13.1 Å². The lowest BCUT2D eigenvalue weighted by molar-refractivity contribution is 0.0956. The van der Waals surface area contributed by atoms with Crippen LogP contribution in [0.4, 0.5) is 0 Å². The van der Waals surface area contributed by atoms with E-state index in [-0.39, 0.29) is 5.91 Å². The quantitative estimate of drug-likeness (QED) is 0.885. The average Bonchev–Trinajstić information content (AvgIpc) is 2.58. The van der Waals surface area contributed by atoms with Crippen LogP contribution in [-0.2, 0) is 6.42 Å². The first-order valence-electron chi connectivity index (χ1n) is 7.94. The largest absolute Gasteiger partial charge is 0.352 e. The van der Waals surface area contributed by atoms with Gasteiger partial charge in [-0.3, -0.25) is 4.79 Å². The Kier molecular flexibility index (Phi) is 4.06. The summed E-state index contributed by atoms with van der Waals surface area (Å²) in [7, 11) is 0. The number of aryl methyl sites for hydroxylation is 1. The van der Waals surface area contributed by atoms with Gasteiger partial charge in [-0.2, -0.15) is 0 Å². The third kappa shape index (κ3) is 2.59. The van der Waals surface area contributed by atoms with Crippen LogP contribution in [0.15, 0.2) is 18.2 Å². The number of benzene rings is 1. The summed E-state index contributed by atoms with van der Waals surface area (Å²) >= 11 is 0. The van der Waals surface area contributed by atoms with Crippen LogP contribution in [0.3, 0.4) is 0 Å². The third-order valence-corrected chi connectivity index (χ3v) is 4.69. The van der Waals surface area contributed by atoms with E-state index >= 15 is 0 Å². The molecular formula is C17H24N2O. The molecule has 108 valence electrons. The molecular weight excluding hydrogens is 248 g/mol. The van der Waals surface area contributed by atoms with Crippen LogP contribution in [0.2, 0.25) is 0 Å². The minimum Gasteiger partial charge on any atom is -0.352 e. The second kappa shape index (κ2) is 5.96. The van der Waals surface area contributed by atoms with Gasteiger partial charge >= 0.3 is 0 Å². The van der Waals surface area contributed by atoms with E-state index in [9.17, 15) is 4.79 Å². The summed E-state index contributed by atoms with van der Waals surface area (Å²) in [5.41, 5.74) is 3.38. The Morgan fingerprint density at radius 3 is 2.90 bits per heavy atom. The molecule has 3 heteroatoms. The van der Waals surface area contributed by atoms with Crippen molar-refractivity contribution in [3.05, 3.63) is 34.9 Å². The third-order valence-electron chi connectivity index (χ3n) is 4.69. The summed E-state index contributed by atoms with van der Waals surface area (Å²) in [6.45, 7) is 3.92. The zero-order chi connectivity index (χ0) is 13.9. The molecule has 3 rings (SSSR count). The highest BCUT2D eigenvalue weighted by Crippen LogP contribution is 2.38. The lowest BCUT2D eigenvalue weighted by Gasteiger charge is -2.35. The predicted octanol–water partition coefficient (Wildman–Crippen LogP) is 2.81. The molecule has 1 amide bonds. The molecule has 1 heterocycles. The first-order chi connectivity index (χ1) is 9.79. The highest BCUT2D eigenvalue weighted by Gasteiger charge is 2.28. The molecule has 1 aromatic carbocycles. The Bertz CT molecular complexity index is 494. The van der Waals surface area contributed by atoms with Gasteiger partial charge in [0.25, 0.3) is 5.91 Å². The van der Waals surface area contributed by atoms with Crippen molar-refractivity contribution in [2.24, 2.45) is 5.92 Å². The fourth-order valence-corrected chi connectivity index (χ4v) is 3.34. The van der Waals surface area contributed by atoms with Crippen LogP contribution in [0.5, 0.6) is 0 Å². The van der Waals surface area contributed by atoms with Gasteiger partial charge in [0.05, 0.1) is 0 Å². The predicted molar refractivity (Wildman–Crippen MR) is 80.9 cm³/mol. The highest BCUT2D eigenvalue weighted by molar-refractivity contribution is 5.96. The topological polar surface area (TPSA) is 41.1 Å². The van der Waals surface area contributed by atoms with Crippen LogP contribution in [-0.4, -0.2) is 19.0 Å². The van der Waals surface area contributed by atoms with Gasteiger partial charge in [0.2, 0.25) is 0 Å². The summed E-state index contributed by atoms with van der Waals surface area (Å²) in [5.74, 6) is 0.838. The fraction of sp³-hybridized carbons (Fsp3) is 0.588. The molecule has 0 aromatic heterocycles. The van der Waals surface area contributed by atoms with E-state index in [4.69, 9.17) is 0 Å². The van der Waals surface area contributed by atoms with E-state index in [0.29, 0.717) is 6.04 Å². The Morgan fingerprint density at radius 1 is 1.35 bits per heavy atom. The van der Waals surface area contributed by atoms with E-state index in [1.807, 2.05) is 0 Å². The molecule has 1 saturated carbocycles. The van der Waals surface area contributed by atoms with Crippen molar-refractivity contribution >= 4 is 5.91 Å². The van der Waals surface area contributed by atoms with E-state index in [0.717, 1.165) is 37.4 Å². The van der Waals surface area contributed by atoms with E-state index in [2.05, 4.69) is 35.8 Å². The maximum Gasteiger partial charge on any atom is 0.251 e. The van der Waals surface area contributed by atoms with Gasteiger partial charge in [-0.05, 0) is 55.3 Å². The van der Waals surface area contributed by atoms with Crippen LogP contribution >= 0.6 is 0 Å². The molecule has 1 aliphatic heterocycles. The molecule has 1 fully saturated rings. The normalized spacial score (nSPS) is 20.6. The van der Waals surface area contributed by atoms with Crippen molar-refractivity contribution in [3.63, 3.8) is 0 Å². The van der Waals surface area contributed by atoms with E-state index in [1.165, 1.54) is 30.4 Å². The molecule has 0 spiro atoms. The SMILES string of the molecule is CCNC(c1ccc2c(c1)C(=O)NCCC2)C1CCC1. The number of carbonyl (C=O) groups is 1. The molecule has 3 nitrogen and oxygen atoms in total. The molecule has 1 aromatic rings. The summed E-state index contributed by atoms with van der Waals surface area (Å²) in [6, 6.07) is 6.93. The number of carbonyl (C=O) groups excluding carboxylic acids is 1. The smallest absolute Gasteiger partial charge is 0.251 e. The minimum atomic E-state index is 0.100. The molecule has 0 saturated heterocycles. The number of amides is 1. The maximum absolute atomic E-state index is 12.2. The molecule has 1 atom stereocenters. The summed E-state index contributed by atoms with van der Waals surface area (Å²) in [4.78, 5) is 12.2. The van der Waals surface area contributed by atoms with Crippen LogP contribution < -0.4 is 10.6 Å².